The Labute approximate surface area is 76.9 Å². The van der Waals surface area contributed by atoms with Gasteiger partial charge < -0.3 is 0 Å². The quantitative estimate of drug-likeness (QED) is 0.441. The number of amides is 3. The maximum absolute atomic E-state index is 11.6. The van der Waals surface area contributed by atoms with Crippen molar-refractivity contribution < 1.29 is 14.4 Å². The predicted molar refractivity (Wildman–Crippen MR) is 45.5 cm³/mol. The molecule has 1 saturated heterocycles. The molecule has 1 aliphatic rings. The lowest BCUT2D eigenvalue weighted by Gasteiger charge is -2.28. The molecule has 1 heterocycles. The number of carbonyl (C=O) groups is 3. The first-order chi connectivity index (χ1) is 5.76. The molecule has 72 valence electrons. The van der Waals surface area contributed by atoms with Gasteiger partial charge in [-0.15, -0.1) is 0 Å². The van der Waals surface area contributed by atoms with Crippen molar-refractivity contribution in [3.8, 4) is 0 Å². The third-order valence-electron chi connectivity index (χ3n) is 3.17. The minimum absolute atomic E-state index is 0.293. The predicted octanol–water partition coefficient (Wildman–Crippen LogP) is 0.564. The summed E-state index contributed by atoms with van der Waals surface area (Å²) in [6, 6.07) is 0. The van der Waals surface area contributed by atoms with E-state index in [4.69, 9.17) is 0 Å². The van der Waals surface area contributed by atoms with E-state index in [1.165, 1.54) is 0 Å². The Morgan fingerprint density at radius 3 is 1.46 bits per heavy atom. The van der Waals surface area contributed by atoms with Crippen LogP contribution in [0.15, 0.2) is 0 Å². The van der Waals surface area contributed by atoms with Crippen LogP contribution in [-0.2, 0) is 14.4 Å². The molecule has 13 heavy (non-hydrogen) atoms. The molecule has 0 aliphatic carbocycles. The highest BCUT2D eigenvalue weighted by Crippen LogP contribution is 2.46. The van der Waals surface area contributed by atoms with Crippen molar-refractivity contribution in [2.45, 2.75) is 27.7 Å². The van der Waals surface area contributed by atoms with Gasteiger partial charge in [-0.05, 0) is 27.7 Å². The van der Waals surface area contributed by atoms with E-state index >= 15 is 0 Å². The second-order valence-electron chi connectivity index (χ2n) is 4.34. The summed E-state index contributed by atoms with van der Waals surface area (Å²) in [6.45, 7) is 6.71. The highest BCUT2D eigenvalue weighted by atomic mass is 16.2. The number of nitrogens with zero attached hydrogens (tertiary/aromatic N) is 1. The van der Waals surface area contributed by atoms with Crippen LogP contribution in [0.5, 0.6) is 0 Å². The van der Waals surface area contributed by atoms with Crippen LogP contribution in [0.25, 0.3) is 0 Å². The zero-order valence-corrected chi connectivity index (χ0v) is 8.25. The first kappa shape index (κ1) is 9.89. The first-order valence-electron chi connectivity index (χ1n) is 4.10. The molecule has 0 spiro atoms. The summed E-state index contributed by atoms with van der Waals surface area (Å²) in [5.74, 6) is -0.838. The van der Waals surface area contributed by atoms with Crippen molar-refractivity contribution in [3.05, 3.63) is 0 Å². The molecule has 0 aromatic carbocycles. The van der Waals surface area contributed by atoms with Gasteiger partial charge in [-0.1, -0.05) is 0 Å². The fourth-order valence-electron chi connectivity index (χ4n) is 1.32. The van der Waals surface area contributed by atoms with Gasteiger partial charge in [0, 0.05) is 0 Å². The van der Waals surface area contributed by atoms with Gasteiger partial charge >= 0.3 is 0 Å². The molecule has 0 aromatic rings. The Kier molecular flexibility index (Phi) is 1.83. The van der Waals surface area contributed by atoms with Gasteiger partial charge in [-0.3, -0.25) is 14.4 Å². The molecule has 0 saturated carbocycles. The lowest BCUT2D eigenvalue weighted by atomic mass is 9.70. The Hall–Kier alpha value is -1.19. The first-order valence-corrected chi connectivity index (χ1v) is 4.10. The number of likely N-dealkylation sites (tertiary alicyclic amines) is 1. The fourth-order valence-corrected chi connectivity index (χ4v) is 1.32. The number of imide groups is 3. The van der Waals surface area contributed by atoms with Gasteiger partial charge in [0.05, 0.1) is 10.8 Å². The number of hydrogen-bond acceptors (Lipinski definition) is 3. The molecule has 0 aromatic heterocycles. The highest BCUT2D eigenvalue weighted by molar-refractivity contribution is 6.15. The van der Waals surface area contributed by atoms with Crippen LogP contribution in [0, 0.1) is 10.8 Å². The van der Waals surface area contributed by atoms with Crippen LogP contribution in [-0.4, -0.2) is 23.1 Å². The lowest BCUT2D eigenvalue weighted by Crippen LogP contribution is -2.35. The standard InChI is InChI=1S/C9H13NO3/c1-8(2)6(12)10(5-11)7(13)9(8,3)4/h5H,1-4H3. The van der Waals surface area contributed by atoms with Gasteiger partial charge in [0.1, 0.15) is 0 Å². The Bertz CT molecular complexity index is 265. The van der Waals surface area contributed by atoms with Crippen LogP contribution in [0.1, 0.15) is 27.7 Å². The van der Waals surface area contributed by atoms with Crippen LogP contribution in [0.2, 0.25) is 0 Å². The van der Waals surface area contributed by atoms with E-state index in [1.807, 2.05) is 0 Å². The Balaban J connectivity index is 3.27. The summed E-state index contributed by atoms with van der Waals surface area (Å²) in [7, 11) is 0. The zero-order chi connectivity index (χ0) is 10.4. The molecular weight excluding hydrogens is 170 g/mol. The van der Waals surface area contributed by atoms with Gasteiger partial charge in [0.15, 0.2) is 0 Å². The molecule has 0 bridgehead atoms. The molecule has 4 nitrogen and oxygen atoms in total. The minimum Gasteiger partial charge on any atom is -0.278 e. The molecule has 1 aliphatic heterocycles. The molecule has 0 atom stereocenters. The van der Waals surface area contributed by atoms with Gasteiger partial charge in [0.2, 0.25) is 18.2 Å². The SMILES string of the molecule is CC1(C)C(=O)N(C=O)C(=O)C1(C)C. The molecule has 0 unspecified atom stereocenters. The van der Waals surface area contributed by atoms with Crippen molar-refractivity contribution in [1.29, 1.82) is 0 Å². The third-order valence-corrected chi connectivity index (χ3v) is 3.17. The molecule has 0 N–H and O–H groups in total. The van der Waals surface area contributed by atoms with E-state index in [1.54, 1.807) is 27.7 Å². The number of carbonyl (C=O) groups excluding carboxylic acids is 3. The smallest absolute Gasteiger partial charge is 0.242 e. The van der Waals surface area contributed by atoms with Crippen molar-refractivity contribution in [2.24, 2.45) is 10.8 Å². The highest BCUT2D eigenvalue weighted by Gasteiger charge is 2.59. The lowest BCUT2D eigenvalue weighted by molar-refractivity contribution is -0.146. The van der Waals surface area contributed by atoms with Crippen molar-refractivity contribution >= 4 is 18.2 Å². The summed E-state index contributed by atoms with van der Waals surface area (Å²) >= 11 is 0. The van der Waals surface area contributed by atoms with Gasteiger partial charge in [-0.2, -0.15) is 0 Å². The number of hydrogen-bond donors (Lipinski definition) is 0. The molecule has 0 radical (unpaired) electrons. The summed E-state index contributed by atoms with van der Waals surface area (Å²) < 4.78 is 0. The maximum Gasteiger partial charge on any atom is 0.242 e. The monoisotopic (exact) mass is 183 g/mol. The molecule has 1 rings (SSSR count). The van der Waals surface area contributed by atoms with Crippen molar-refractivity contribution in [2.75, 3.05) is 0 Å². The normalized spacial score (nSPS) is 25.1. The molecule has 3 amide bonds. The van der Waals surface area contributed by atoms with E-state index in [-0.39, 0.29) is 0 Å². The summed E-state index contributed by atoms with van der Waals surface area (Å²) in [4.78, 5) is 34.3. The van der Waals surface area contributed by atoms with Crippen LogP contribution >= 0.6 is 0 Å². The van der Waals surface area contributed by atoms with E-state index in [9.17, 15) is 14.4 Å². The van der Waals surface area contributed by atoms with E-state index < -0.39 is 22.6 Å². The average molecular weight is 183 g/mol. The molecular formula is C9H13NO3. The maximum atomic E-state index is 11.6. The second-order valence-corrected chi connectivity index (χ2v) is 4.34. The Morgan fingerprint density at radius 1 is 1.00 bits per heavy atom. The molecule has 4 heteroatoms. The third kappa shape index (κ3) is 0.944. The topological polar surface area (TPSA) is 54.5 Å². The van der Waals surface area contributed by atoms with Crippen LogP contribution < -0.4 is 0 Å². The van der Waals surface area contributed by atoms with E-state index in [0.717, 1.165) is 0 Å². The van der Waals surface area contributed by atoms with E-state index in [2.05, 4.69) is 0 Å². The molecule has 1 fully saturated rings. The van der Waals surface area contributed by atoms with Crippen molar-refractivity contribution in [1.82, 2.24) is 4.90 Å². The largest absolute Gasteiger partial charge is 0.278 e. The van der Waals surface area contributed by atoms with E-state index in [0.29, 0.717) is 11.3 Å². The summed E-state index contributed by atoms with van der Waals surface area (Å²) in [5.41, 5.74) is -1.60. The van der Waals surface area contributed by atoms with Crippen molar-refractivity contribution in [3.63, 3.8) is 0 Å². The zero-order valence-electron chi connectivity index (χ0n) is 8.25. The minimum atomic E-state index is -0.801. The fraction of sp³-hybridized carbons (Fsp3) is 0.667. The van der Waals surface area contributed by atoms with Gasteiger partial charge in [0.25, 0.3) is 0 Å². The average Bonchev–Trinajstić information content (AvgIpc) is 2.13. The second kappa shape index (κ2) is 2.40. The van der Waals surface area contributed by atoms with Crippen LogP contribution in [0.4, 0.5) is 0 Å². The number of rotatable bonds is 1. The van der Waals surface area contributed by atoms with Gasteiger partial charge in [-0.25, -0.2) is 4.90 Å². The van der Waals surface area contributed by atoms with Crippen LogP contribution in [0.3, 0.4) is 0 Å². The summed E-state index contributed by atoms with van der Waals surface area (Å²) in [6.07, 6.45) is 0.293. The summed E-state index contributed by atoms with van der Waals surface area (Å²) in [5, 5.41) is 0. The Morgan fingerprint density at radius 2 is 1.31 bits per heavy atom.